The van der Waals surface area contributed by atoms with Gasteiger partial charge in [0.25, 0.3) is 0 Å². The number of para-hydroxylation sites is 2. The van der Waals surface area contributed by atoms with E-state index in [-0.39, 0.29) is 0 Å². The van der Waals surface area contributed by atoms with Crippen molar-refractivity contribution in [2.45, 2.75) is 0 Å². The summed E-state index contributed by atoms with van der Waals surface area (Å²) in [5, 5.41) is 5.11. The Bertz CT molecular complexity index is 2800. The molecule has 0 radical (unpaired) electrons. The monoisotopic (exact) mass is 656 g/mol. The van der Waals surface area contributed by atoms with Gasteiger partial charge in [0.2, 0.25) is 0 Å². The Morgan fingerprint density at radius 1 is 0.400 bits per heavy atom. The average molecular weight is 657 g/mol. The number of thiophene rings is 1. The Morgan fingerprint density at radius 3 is 1.64 bits per heavy atom. The molecule has 0 N–H and O–H groups in total. The summed E-state index contributed by atoms with van der Waals surface area (Å²) in [6.07, 6.45) is 1.79. The van der Waals surface area contributed by atoms with Gasteiger partial charge in [-0.2, -0.15) is 0 Å². The molecule has 4 nitrogen and oxygen atoms in total. The molecule has 0 fully saturated rings. The topological polar surface area (TPSA) is 43.6 Å². The van der Waals surface area contributed by atoms with Crippen molar-refractivity contribution in [2.24, 2.45) is 0 Å². The van der Waals surface area contributed by atoms with E-state index in [0.717, 1.165) is 33.9 Å². The van der Waals surface area contributed by atoms with Crippen LogP contribution in [0.15, 0.2) is 170 Å². The molecule has 0 saturated carbocycles. The third-order valence-electron chi connectivity index (χ3n) is 9.51. The number of hydrogen-bond acceptors (Lipinski definition) is 4. The van der Waals surface area contributed by atoms with Crippen molar-refractivity contribution in [3.8, 4) is 50.8 Å². The van der Waals surface area contributed by atoms with Crippen LogP contribution in [0.2, 0.25) is 0 Å². The number of benzene rings is 6. The lowest BCUT2D eigenvalue weighted by Crippen LogP contribution is -1.98. The first-order valence-corrected chi connectivity index (χ1v) is 17.5. The summed E-state index contributed by atoms with van der Waals surface area (Å²) in [4.78, 5) is 14.6. The fourth-order valence-corrected chi connectivity index (χ4v) is 8.16. The molecule has 10 rings (SSSR count). The number of nitrogens with zero attached hydrogens (tertiary/aromatic N) is 4. The van der Waals surface area contributed by atoms with Crippen molar-refractivity contribution in [3.63, 3.8) is 0 Å². The van der Waals surface area contributed by atoms with Gasteiger partial charge in [0.05, 0.1) is 22.4 Å². The van der Waals surface area contributed by atoms with E-state index in [1.54, 1.807) is 6.20 Å². The van der Waals surface area contributed by atoms with Crippen molar-refractivity contribution < 1.29 is 0 Å². The predicted octanol–water partition coefficient (Wildman–Crippen LogP) is 12.0. The number of pyridine rings is 1. The second-order valence-corrected chi connectivity index (χ2v) is 13.6. The lowest BCUT2D eigenvalue weighted by Gasteiger charge is -2.11. The Kier molecular flexibility index (Phi) is 6.64. The molecule has 5 heteroatoms. The molecular formula is C45H28N4S. The second-order valence-electron chi connectivity index (χ2n) is 12.5. The third-order valence-corrected chi connectivity index (χ3v) is 10.7. The van der Waals surface area contributed by atoms with Gasteiger partial charge in [-0.1, -0.05) is 103 Å². The van der Waals surface area contributed by atoms with Gasteiger partial charge in [-0.15, -0.1) is 11.3 Å². The van der Waals surface area contributed by atoms with Gasteiger partial charge in [0, 0.05) is 54.0 Å². The molecule has 0 spiro atoms. The molecular weight excluding hydrogens is 629 g/mol. The van der Waals surface area contributed by atoms with Crippen LogP contribution in [0, 0.1) is 0 Å². The van der Waals surface area contributed by atoms with Crippen LogP contribution in [0.25, 0.3) is 92.8 Å². The molecule has 234 valence electrons. The predicted molar refractivity (Wildman–Crippen MR) is 209 cm³/mol. The summed E-state index contributed by atoms with van der Waals surface area (Å²) < 4.78 is 4.96. The highest BCUT2D eigenvalue weighted by Gasteiger charge is 2.15. The first kappa shape index (κ1) is 28.6. The molecule has 0 aliphatic carbocycles. The van der Waals surface area contributed by atoms with Crippen LogP contribution in [0.4, 0.5) is 0 Å². The lowest BCUT2D eigenvalue weighted by atomic mass is 10.00. The first-order valence-electron chi connectivity index (χ1n) is 16.7. The molecule has 0 unspecified atom stereocenters. The Hall–Kier alpha value is -6.43. The molecule has 10 aromatic rings. The molecule has 0 saturated heterocycles. The molecule has 0 aliphatic heterocycles. The fraction of sp³-hybridized carbons (Fsp3) is 0. The maximum Gasteiger partial charge on any atom is 0.179 e. The first-order chi connectivity index (χ1) is 24.8. The van der Waals surface area contributed by atoms with Crippen LogP contribution in [-0.2, 0) is 0 Å². The van der Waals surface area contributed by atoms with Gasteiger partial charge in [0.15, 0.2) is 5.82 Å². The van der Waals surface area contributed by atoms with Crippen molar-refractivity contribution in [1.29, 1.82) is 0 Å². The highest BCUT2D eigenvalue weighted by molar-refractivity contribution is 7.25. The van der Waals surface area contributed by atoms with Gasteiger partial charge < -0.3 is 4.57 Å². The van der Waals surface area contributed by atoms with Gasteiger partial charge >= 0.3 is 0 Å². The molecule has 4 aromatic heterocycles. The standard InChI is InChI=1S/C45H28N4S/c1-4-13-41-34(9-1)35-10-2-5-14-42(35)49(41)33-23-20-31(21-24-33)40-28-39(47-45(48-40)38-12-7-8-26-46-38)30-18-16-29(17-19-30)32-22-25-44-37(27-32)36-11-3-6-15-43(36)50-44/h1-28H. The minimum Gasteiger partial charge on any atom is -0.309 e. The molecule has 0 amide bonds. The Balaban J connectivity index is 1.04. The van der Waals surface area contributed by atoms with Gasteiger partial charge in [-0.3, -0.25) is 4.98 Å². The van der Waals surface area contributed by atoms with E-state index in [9.17, 15) is 0 Å². The SMILES string of the molecule is c1ccc(-c2nc(-c3ccc(-c4ccc5sc6ccccc6c5c4)cc3)cc(-c3ccc(-n4c5ccccc5c5ccccc54)cc3)n2)nc1. The number of fused-ring (bicyclic) bond motifs is 6. The van der Waals surface area contributed by atoms with E-state index >= 15 is 0 Å². The van der Waals surface area contributed by atoms with E-state index in [1.807, 2.05) is 29.5 Å². The number of aromatic nitrogens is 4. The second kappa shape index (κ2) is 11.6. The zero-order chi connectivity index (χ0) is 33.0. The zero-order valence-corrected chi connectivity index (χ0v) is 27.7. The van der Waals surface area contributed by atoms with Gasteiger partial charge in [0.1, 0.15) is 5.69 Å². The molecule has 0 aliphatic rings. The van der Waals surface area contributed by atoms with E-state index in [2.05, 4.69) is 155 Å². The van der Waals surface area contributed by atoms with E-state index in [0.29, 0.717) is 5.82 Å². The van der Waals surface area contributed by atoms with Crippen LogP contribution in [0.3, 0.4) is 0 Å². The summed E-state index contributed by atoms with van der Waals surface area (Å²) in [7, 11) is 0. The minimum atomic E-state index is 0.600. The Morgan fingerprint density at radius 2 is 0.960 bits per heavy atom. The largest absolute Gasteiger partial charge is 0.309 e. The molecule has 0 bridgehead atoms. The number of rotatable bonds is 5. The summed E-state index contributed by atoms with van der Waals surface area (Å²) in [5.41, 5.74) is 10.3. The quantitative estimate of drug-likeness (QED) is 0.185. The molecule has 6 aromatic carbocycles. The summed E-state index contributed by atoms with van der Waals surface area (Å²) in [6, 6.07) is 57.9. The van der Waals surface area contributed by atoms with Gasteiger partial charge in [-0.05, 0) is 71.8 Å². The number of hydrogen-bond donors (Lipinski definition) is 0. The Labute approximate surface area is 292 Å². The summed E-state index contributed by atoms with van der Waals surface area (Å²) in [5.74, 6) is 0.600. The van der Waals surface area contributed by atoms with Crippen molar-refractivity contribution >= 4 is 53.3 Å². The summed E-state index contributed by atoms with van der Waals surface area (Å²) >= 11 is 1.84. The highest BCUT2D eigenvalue weighted by atomic mass is 32.1. The smallest absolute Gasteiger partial charge is 0.179 e. The van der Waals surface area contributed by atoms with Crippen LogP contribution in [-0.4, -0.2) is 19.5 Å². The van der Waals surface area contributed by atoms with Crippen LogP contribution >= 0.6 is 11.3 Å². The van der Waals surface area contributed by atoms with Crippen LogP contribution in [0.1, 0.15) is 0 Å². The van der Waals surface area contributed by atoms with Crippen molar-refractivity contribution in [1.82, 2.24) is 19.5 Å². The zero-order valence-electron chi connectivity index (χ0n) is 26.9. The third kappa shape index (κ3) is 4.79. The van der Waals surface area contributed by atoms with Crippen LogP contribution in [0.5, 0.6) is 0 Å². The fourth-order valence-electron chi connectivity index (χ4n) is 7.07. The molecule has 50 heavy (non-hydrogen) atoms. The van der Waals surface area contributed by atoms with E-state index in [4.69, 9.17) is 9.97 Å². The minimum absolute atomic E-state index is 0.600. The average Bonchev–Trinajstić information content (AvgIpc) is 3.74. The van der Waals surface area contributed by atoms with Gasteiger partial charge in [-0.25, -0.2) is 9.97 Å². The molecule has 0 atom stereocenters. The van der Waals surface area contributed by atoms with Crippen LogP contribution < -0.4 is 0 Å². The maximum atomic E-state index is 5.03. The lowest BCUT2D eigenvalue weighted by molar-refractivity contribution is 1.14. The highest BCUT2D eigenvalue weighted by Crippen LogP contribution is 2.37. The van der Waals surface area contributed by atoms with E-state index in [1.165, 1.54) is 53.1 Å². The molecule has 4 heterocycles. The van der Waals surface area contributed by atoms with E-state index < -0.39 is 0 Å². The summed E-state index contributed by atoms with van der Waals surface area (Å²) in [6.45, 7) is 0. The van der Waals surface area contributed by atoms with Crippen molar-refractivity contribution in [3.05, 3.63) is 170 Å². The van der Waals surface area contributed by atoms with Crippen molar-refractivity contribution in [2.75, 3.05) is 0 Å². The normalized spacial score (nSPS) is 11.6. The maximum absolute atomic E-state index is 5.03.